The van der Waals surface area contributed by atoms with Gasteiger partial charge in [0.15, 0.2) is 0 Å². The van der Waals surface area contributed by atoms with E-state index in [1.807, 2.05) is 25.1 Å². The third-order valence-corrected chi connectivity index (χ3v) is 6.06. The highest BCUT2D eigenvalue weighted by Gasteiger charge is 2.16. The first kappa shape index (κ1) is 20.0. The topological polar surface area (TPSA) is 80.9 Å². The zero-order valence-electron chi connectivity index (χ0n) is 17.1. The van der Waals surface area contributed by atoms with Gasteiger partial charge in [-0.3, -0.25) is 9.78 Å². The Labute approximate surface area is 180 Å². The van der Waals surface area contributed by atoms with E-state index in [0.29, 0.717) is 18.8 Å². The zero-order valence-corrected chi connectivity index (χ0v) is 17.9. The fraction of sp³-hybridized carbons (Fsp3) is 0.208. The first-order chi connectivity index (χ1) is 14.5. The van der Waals surface area contributed by atoms with Crippen LogP contribution in [0, 0.1) is 12.8 Å². The summed E-state index contributed by atoms with van der Waals surface area (Å²) in [6.07, 6.45) is 2.31. The van der Waals surface area contributed by atoms with E-state index in [0.717, 1.165) is 26.9 Å². The third kappa shape index (κ3) is 4.33. The van der Waals surface area contributed by atoms with Crippen molar-refractivity contribution in [2.24, 2.45) is 5.92 Å². The number of aromatic nitrogens is 2. The third-order valence-electron chi connectivity index (χ3n) is 5.28. The first-order valence-electron chi connectivity index (χ1n) is 9.91. The zero-order chi connectivity index (χ0) is 21.1. The maximum Gasteiger partial charge on any atom is 0.223 e. The maximum atomic E-state index is 12.5. The van der Waals surface area contributed by atoms with Gasteiger partial charge in [-0.1, -0.05) is 37.3 Å². The van der Waals surface area contributed by atoms with Crippen molar-refractivity contribution in [2.45, 2.75) is 26.8 Å². The molecule has 0 aliphatic heterocycles. The number of aryl methyl sites for hydroxylation is 1. The molecule has 2 heterocycles. The van der Waals surface area contributed by atoms with Gasteiger partial charge in [-0.2, -0.15) is 0 Å². The van der Waals surface area contributed by atoms with Crippen LogP contribution >= 0.6 is 11.3 Å². The van der Waals surface area contributed by atoms with Crippen LogP contribution in [0.1, 0.15) is 22.9 Å². The van der Waals surface area contributed by atoms with E-state index in [2.05, 4.69) is 52.5 Å². The van der Waals surface area contributed by atoms with Crippen LogP contribution in [0.25, 0.3) is 22.0 Å². The molecule has 1 amide bonds. The number of amides is 1. The predicted molar refractivity (Wildman–Crippen MR) is 123 cm³/mol. The monoisotopic (exact) mass is 416 g/mol. The molecule has 4 rings (SSSR count). The number of nitrogens with one attached hydrogen (secondary N) is 1. The number of benzene rings is 2. The number of nitrogens with zero attached hydrogens (tertiary/aromatic N) is 2. The van der Waals surface area contributed by atoms with E-state index < -0.39 is 0 Å². The van der Waals surface area contributed by atoms with Gasteiger partial charge in [-0.05, 0) is 53.8 Å². The number of hydrogen-bond acceptors (Lipinski definition) is 5. The summed E-state index contributed by atoms with van der Waals surface area (Å²) in [5, 5.41) is 3.99. The molecule has 30 heavy (non-hydrogen) atoms. The Hall–Kier alpha value is -3.25. The average Bonchev–Trinajstić information content (AvgIpc) is 3.26. The second-order valence-corrected chi connectivity index (χ2v) is 8.52. The molecule has 6 heteroatoms. The fourth-order valence-corrected chi connectivity index (χ4v) is 4.10. The normalized spacial score (nSPS) is 12.1. The molecule has 0 aliphatic rings. The smallest absolute Gasteiger partial charge is 0.223 e. The molecular formula is C24H24N4OS. The second kappa shape index (κ2) is 8.63. The van der Waals surface area contributed by atoms with E-state index in [1.54, 1.807) is 11.7 Å². The van der Waals surface area contributed by atoms with Crippen LogP contribution in [0.15, 0.2) is 60.2 Å². The Morgan fingerprint density at radius 2 is 2.03 bits per heavy atom. The van der Waals surface area contributed by atoms with E-state index >= 15 is 0 Å². The van der Waals surface area contributed by atoms with Gasteiger partial charge < -0.3 is 11.1 Å². The number of rotatable bonds is 6. The highest BCUT2D eigenvalue weighted by Crippen LogP contribution is 2.28. The average molecular weight is 417 g/mol. The van der Waals surface area contributed by atoms with Crippen molar-refractivity contribution in [3.05, 3.63) is 76.2 Å². The minimum absolute atomic E-state index is 0.00319. The van der Waals surface area contributed by atoms with Gasteiger partial charge in [-0.15, -0.1) is 11.3 Å². The number of fused-ring (bicyclic) bond motifs is 1. The molecule has 0 fully saturated rings. The van der Waals surface area contributed by atoms with Gasteiger partial charge in [0, 0.05) is 22.4 Å². The summed E-state index contributed by atoms with van der Waals surface area (Å²) >= 11 is 1.53. The summed E-state index contributed by atoms with van der Waals surface area (Å²) in [5.74, 6) is 0.267. The van der Waals surface area contributed by atoms with Gasteiger partial charge in [0.25, 0.3) is 0 Å². The molecular weight excluding hydrogens is 392 g/mol. The highest BCUT2D eigenvalue weighted by molar-refractivity contribution is 7.09. The van der Waals surface area contributed by atoms with Crippen LogP contribution in [0.5, 0.6) is 0 Å². The molecule has 1 unspecified atom stereocenters. The molecule has 4 aromatic rings. The van der Waals surface area contributed by atoms with Crippen LogP contribution < -0.4 is 11.1 Å². The van der Waals surface area contributed by atoms with E-state index in [-0.39, 0.29) is 11.8 Å². The number of nitrogen functional groups attached to an aromatic ring is 1. The number of carbonyl (C=O) groups is 1. The van der Waals surface area contributed by atoms with Crippen molar-refractivity contribution < 1.29 is 4.79 Å². The Morgan fingerprint density at radius 3 is 2.80 bits per heavy atom. The molecule has 1 atom stereocenters. The molecule has 2 aromatic heterocycles. The first-order valence-corrected chi connectivity index (χ1v) is 10.8. The SMILES string of the molecule is Cc1ccccc1-c1ccc2nc(N)c(CC(C)C(=O)NCc3cncs3)cc2c1. The van der Waals surface area contributed by atoms with E-state index in [9.17, 15) is 4.79 Å². The molecule has 3 N–H and O–H groups in total. The van der Waals surface area contributed by atoms with Crippen molar-refractivity contribution in [3.8, 4) is 11.1 Å². The summed E-state index contributed by atoms with van der Waals surface area (Å²) in [7, 11) is 0. The fourth-order valence-electron chi connectivity index (χ4n) is 3.56. The lowest BCUT2D eigenvalue weighted by Gasteiger charge is -2.14. The van der Waals surface area contributed by atoms with Crippen LogP contribution in [-0.2, 0) is 17.8 Å². The number of thiazole rings is 1. The molecule has 0 aliphatic carbocycles. The number of carbonyl (C=O) groups excluding carboxylic acids is 1. The maximum absolute atomic E-state index is 12.5. The lowest BCUT2D eigenvalue weighted by atomic mass is 9.96. The summed E-state index contributed by atoms with van der Waals surface area (Å²) in [6.45, 7) is 4.52. The largest absolute Gasteiger partial charge is 0.383 e. The van der Waals surface area contributed by atoms with Gasteiger partial charge in [0.05, 0.1) is 17.6 Å². The minimum Gasteiger partial charge on any atom is -0.383 e. The van der Waals surface area contributed by atoms with Crippen molar-refractivity contribution in [2.75, 3.05) is 5.73 Å². The van der Waals surface area contributed by atoms with Crippen LogP contribution in [0.3, 0.4) is 0 Å². The number of nitrogens with two attached hydrogens (primary N) is 1. The quantitative estimate of drug-likeness (QED) is 0.475. The summed E-state index contributed by atoms with van der Waals surface area (Å²) < 4.78 is 0. The minimum atomic E-state index is -0.209. The molecule has 0 saturated carbocycles. The van der Waals surface area contributed by atoms with E-state index in [1.165, 1.54) is 22.5 Å². The Kier molecular flexibility index (Phi) is 5.77. The van der Waals surface area contributed by atoms with Crippen molar-refractivity contribution in [3.63, 3.8) is 0 Å². The summed E-state index contributed by atoms with van der Waals surface area (Å²) in [5.41, 5.74) is 13.3. The summed E-state index contributed by atoms with van der Waals surface area (Å²) in [6, 6.07) is 16.6. The van der Waals surface area contributed by atoms with Gasteiger partial charge in [0.2, 0.25) is 5.91 Å². The lowest BCUT2D eigenvalue weighted by Crippen LogP contribution is -2.29. The molecule has 152 valence electrons. The lowest BCUT2D eigenvalue weighted by molar-refractivity contribution is -0.124. The van der Waals surface area contributed by atoms with Crippen molar-refractivity contribution >= 4 is 34.0 Å². The van der Waals surface area contributed by atoms with Crippen molar-refractivity contribution in [1.29, 1.82) is 0 Å². The van der Waals surface area contributed by atoms with Gasteiger partial charge in [-0.25, -0.2) is 4.98 Å². The molecule has 0 saturated heterocycles. The van der Waals surface area contributed by atoms with Crippen LogP contribution in [0.2, 0.25) is 0 Å². The molecule has 0 radical (unpaired) electrons. The molecule has 2 aromatic carbocycles. The van der Waals surface area contributed by atoms with Gasteiger partial charge in [0.1, 0.15) is 5.82 Å². The van der Waals surface area contributed by atoms with Crippen LogP contribution in [0.4, 0.5) is 5.82 Å². The standard InChI is InChI=1S/C24H24N4OS/c1-15-5-3-4-6-21(15)17-7-8-22-18(10-17)11-19(23(25)28-22)9-16(2)24(29)27-13-20-12-26-14-30-20/h3-8,10-12,14,16H,9,13H2,1-2H3,(H2,25,28)(H,27,29). The van der Waals surface area contributed by atoms with Crippen LogP contribution in [-0.4, -0.2) is 15.9 Å². The Morgan fingerprint density at radius 1 is 1.20 bits per heavy atom. The Bertz CT molecular complexity index is 1190. The Balaban J connectivity index is 1.55. The number of anilines is 1. The highest BCUT2D eigenvalue weighted by atomic mass is 32.1. The number of pyridine rings is 1. The van der Waals surface area contributed by atoms with Crippen molar-refractivity contribution in [1.82, 2.24) is 15.3 Å². The molecule has 5 nitrogen and oxygen atoms in total. The molecule has 0 bridgehead atoms. The summed E-state index contributed by atoms with van der Waals surface area (Å²) in [4.78, 5) is 22.1. The van der Waals surface area contributed by atoms with E-state index in [4.69, 9.17) is 5.73 Å². The second-order valence-electron chi connectivity index (χ2n) is 7.55. The van der Waals surface area contributed by atoms with Gasteiger partial charge >= 0.3 is 0 Å². The predicted octanol–water partition coefficient (Wildman–Crippen LogP) is 4.74. The number of hydrogen-bond donors (Lipinski definition) is 2. The molecule has 0 spiro atoms.